The Morgan fingerprint density at radius 2 is 1.24 bits per heavy atom. The van der Waals surface area contributed by atoms with Gasteiger partial charge in [-0.05, 0) is 60.7 Å². The van der Waals surface area contributed by atoms with Gasteiger partial charge in [-0.2, -0.15) is 0 Å². The zero-order valence-corrected chi connectivity index (χ0v) is 12.6. The molecule has 4 aliphatic rings. The minimum Gasteiger partial charge on any atom is -0.0683 e. The minimum atomic E-state index is 0.843. The lowest BCUT2D eigenvalue weighted by atomic mass is 9.35. The first kappa shape index (κ1) is 13.4. The lowest BCUT2D eigenvalue weighted by molar-refractivity contribution is -0.206. The van der Waals surface area contributed by atoms with Crippen molar-refractivity contribution in [3.63, 3.8) is 0 Å². The van der Waals surface area contributed by atoms with E-state index in [2.05, 4.69) is 20.8 Å². The molecule has 0 bridgehead atoms. The lowest BCUT2D eigenvalue weighted by Crippen LogP contribution is -2.62. The van der Waals surface area contributed by atoms with Gasteiger partial charge in [0.05, 0.1) is 0 Å². The van der Waals surface area contributed by atoms with Gasteiger partial charge in [-0.1, -0.05) is 47.5 Å². The number of hydrogen-bond donors (Lipinski definition) is 0. The highest BCUT2D eigenvalue weighted by atomic mass is 14.7. The zero-order chi connectivity index (χ0) is 12.6. The minimum absolute atomic E-state index is 0.843. The molecule has 4 fully saturated rings. The molecule has 0 N–H and O–H groups in total. The summed E-state index contributed by atoms with van der Waals surface area (Å²) in [4.78, 5) is 0. The molecule has 0 saturated heterocycles. The highest BCUT2D eigenvalue weighted by Crippen LogP contribution is 2.71. The summed E-state index contributed by atoms with van der Waals surface area (Å²) in [5.74, 6) is 5.62. The van der Waals surface area contributed by atoms with Gasteiger partial charge in [0.15, 0.2) is 0 Å². The maximum absolute atomic E-state index is 2.51. The van der Waals surface area contributed by atoms with Crippen molar-refractivity contribution in [3.8, 4) is 0 Å². The van der Waals surface area contributed by atoms with Crippen LogP contribution in [0.25, 0.3) is 0 Å². The van der Waals surface area contributed by atoms with Crippen LogP contribution in [0.2, 0.25) is 0 Å². The molecule has 4 saturated carbocycles. The molecule has 2 unspecified atom stereocenters. The average Bonchev–Trinajstić information content (AvgIpc) is 3.01. The molecule has 0 aromatic heterocycles. The first-order chi connectivity index (χ1) is 8.08. The maximum atomic E-state index is 2.51. The summed E-state index contributed by atoms with van der Waals surface area (Å²) in [6.45, 7) is 11.2. The number of hydrogen-bond acceptors (Lipinski definition) is 0. The Balaban J connectivity index is 0.000000152. The molecule has 0 heterocycles. The molecular formula is C17H32. The monoisotopic (exact) mass is 236 g/mol. The van der Waals surface area contributed by atoms with Gasteiger partial charge in [0, 0.05) is 0 Å². The molecule has 0 radical (unpaired) electrons. The molecule has 0 heteroatoms. The molecular weight excluding hydrogens is 204 g/mol. The second kappa shape index (κ2) is 4.94. The number of rotatable bonds is 0. The van der Waals surface area contributed by atoms with Gasteiger partial charge in [0.1, 0.15) is 0 Å². The Kier molecular flexibility index (Phi) is 3.90. The lowest BCUT2D eigenvalue weighted by Gasteiger charge is -2.70. The molecule has 0 aromatic rings. The highest BCUT2D eigenvalue weighted by Gasteiger charge is 2.63. The Labute approximate surface area is 109 Å². The van der Waals surface area contributed by atoms with E-state index in [1.165, 1.54) is 18.8 Å². The van der Waals surface area contributed by atoms with E-state index >= 15 is 0 Å². The molecule has 0 amide bonds. The Hall–Kier alpha value is 0. The SMILES string of the molecule is CC.CC1CC1.CC1CC2CC3(C)CC(C1)C23. The smallest absolute Gasteiger partial charge is 0.0287 e. The Morgan fingerprint density at radius 3 is 1.53 bits per heavy atom. The third-order valence-corrected chi connectivity index (χ3v) is 5.55. The first-order valence-electron chi connectivity index (χ1n) is 8.08. The van der Waals surface area contributed by atoms with Crippen molar-refractivity contribution < 1.29 is 0 Å². The third kappa shape index (κ3) is 2.56. The van der Waals surface area contributed by atoms with Crippen LogP contribution in [0.5, 0.6) is 0 Å². The van der Waals surface area contributed by atoms with Crippen molar-refractivity contribution in [1.29, 1.82) is 0 Å². The van der Waals surface area contributed by atoms with Crippen molar-refractivity contribution in [2.75, 3.05) is 0 Å². The normalized spacial score (nSPS) is 49.2. The maximum Gasteiger partial charge on any atom is -0.0287 e. The fourth-order valence-corrected chi connectivity index (χ4v) is 4.77. The summed E-state index contributed by atoms with van der Waals surface area (Å²) in [7, 11) is 0. The van der Waals surface area contributed by atoms with Crippen molar-refractivity contribution in [2.45, 2.75) is 73.1 Å². The molecule has 100 valence electrons. The van der Waals surface area contributed by atoms with Crippen molar-refractivity contribution >= 4 is 0 Å². The van der Waals surface area contributed by atoms with Crippen molar-refractivity contribution in [2.24, 2.45) is 35.0 Å². The molecule has 0 nitrogen and oxygen atoms in total. The van der Waals surface area contributed by atoms with Crippen LogP contribution in [0.4, 0.5) is 0 Å². The third-order valence-electron chi connectivity index (χ3n) is 5.55. The summed E-state index contributed by atoms with van der Waals surface area (Å²) in [6, 6.07) is 0. The standard InChI is InChI=1S/C11H18.C4H8.C2H6/c1-7-3-8-5-11(2)6-9(4-7)10(8)11;1-4-2-3-4;1-2/h7-10H,3-6H2,1-2H3;4H,2-3H2,1H3;1-2H3. The zero-order valence-electron chi connectivity index (χ0n) is 12.6. The largest absolute Gasteiger partial charge is 0.0683 e. The van der Waals surface area contributed by atoms with Gasteiger partial charge in [-0.15, -0.1) is 0 Å². The first-order valence-corrected chi connectivity index (χ1v) is 8.08. The summed E-state index contributed by atoms with van der Waals surface area (Å²) in [6.07, 6.45) is 9.21. The fraction of sp³-hybridized carbons (Fsp3) is 1.00. The van der Waals surface area contributed by atoms with Gasteiger partial charge >= 0.3 is 0 Å². The predicted octanol–water partition coefficient (Wildman–Crippen LogP) is 5.52. The van der Waals surface area contributed by atoms with Crippen molar-refractivity contribution in [1.82, 2.24) is 0 Å². The summed E-state index contributed by atoms with van der Waals surface area (Å²) >= 11 is 0. The second-order valence-electron chi connectivity index (χ2n) is 7.37. The van der Waals surface area contributed by atoms with Crippen LogP contribution >= 0.6 is 0 Å². The molecule has 2 atom stereocenters. The van der Waals surface area contributed by atoms with E-state index < -0.39 is 0 Å². The molecule has 0 spiro atoms. The van der Waals surface area contributed by atoms with E-state index in [-0.39, 0.29) is 0 Å². The molecule has 4 aliphatic carbocycles. The van der Waals surface area contributed by atoms with E-state index in [0.717, 1.165) is 29.1 Å². The van der Waals surface area contributed by atoms with E-state index in [9.17, 15) is 0 Å². The van der Waals surface area contributed by atoms with Crippen LogP contribution < -0.4 is 0 Å². The quantitative estimate of drug-likeness (QED) is 0.519. The van der Waals surface area contributed by atoms with Gasteiger partial charge < -0.3 is 0 Å². The van der Waals surface area contributed by atoms with Gasteiger partial charge in [0.2, 0.25) is 0 Å². The molecule has 0 aromatic carbocycles. The van der Waals surface area contributed by atoms with Crippen LogP contribution in [-0.4, -0.2) is 0 Å². The Bertz CT molecular complexity index is 231. The van der Waals surface area contributed by atoms with Crippen LogP contribution in [0.3, 0.4) is 0 Å². The topological polar surface area (TPSA) is 0 Å². The van der Waals surface area contributed by atoms with E-state index in [4.69, 9.17) is 0 Å². The summed E-state index contributed by atoms with van der Waals surface area (Å²) in [5.41, 5.74) is 0.843. The van der Waals surface area contributed by atoms with Gasteiger partial charge in [0.25, 0.3) is 0 Å². The summed E-state index contributed by atoms with van der Waals surface area (Å²) in [5, 5.41) is 0. The Morgan fingerprint density at radius 1 is 0.824 bits per heavy atom. The highest BCUT2D eigenvalue weighted by molar-refractivity contribution is 5.12. The van der Waals surface area contributed by atoms with Gasteiger partial charge in [-0.25, -0.2) is 0 Å². The summed E-state index contributed by atoms with van der Waals surface area (Å²) < 4.78 is 0. The molecule has 17 heavy (non-hydrogen) atoms. The predicted molar refractivity (Wildman–Crippen MR) is 76.0 cm³/mol. The second-order valence-corrected chi connectivity index (χ2v) is 7.37. The van der Waals surface area contributed by atoms with E-state index in [1.54, 1.807) is 25.7 Å². The van der Waals surface area contributed by atoms with E-state index in [0.29, 0.717) is 0 Å². The van der Waals surface area contributed by atoms with E-state index in [1.807, 2.05) is 13.8 Å². The average molecular weight is 236 g/mol. The fourth-order valence-electron chi connectivity index (χ4n) is 4.77. The van der Waals surface area contributed by atoms with Crippen molar-refractivity contribution in [3.05, 3.63) is 0 Å². The van der Waals surface area contributed by atoms with Crippen LogP contribution in [0.1, 0.15) is 73.1 Å². The van der Waals surface area contributed by atoms with Crippen LogP contribution in [0, 0.1) is 35.0 Å². The molecule has 4 rings (SSSR count). The van der Waals surface area contributed by atoms with Gasteiger partial charge in [-0.3, -0.25) is 0 Å². The van der Waals surface area contributed by atoms with Crippen LogP contribution in [-0.2, 0) is 0 Å². The molecule has 0 aliphatic heterocycles. The van der Waals surface area contributed by atoms with Crippen LogP contribution in [0.15, 0.2) is 0 Å².